The van der Waals surface area contributed by atoms with Gasteiger partial charge < -0.3 is 10.2 Å². The van der Waals surface area contributed by atoms with E-state index >= 15 is 0 Å². The second kappa shape index (κ2) is 3.64. The molecule has 1 aromatic carbocycles. The van der Waals surface area contributed by atoms with Crippen molar-refractivity contribution in [3.05, 3.63) is 34.5 Å². The average molecular weight is 258 g/mol. The molecule has 0 saturated heterocycles. The zero-order valence-corrected chi connectivity index (χ0v) is 9.11. The van der Waals surface area contributed by atoms with Gasteiger partial charge >= 0.3 is 5.97 Å². The van der Waals surface area contributed by atoms with Crippen molar-refractivity contribution in [2.45, 2.75) is 11.0 Å². The molecule has 1 aromatic rings. The molecule has 0 radical (unpaired) electrons. The lowest BCUT2D eigenvalue weighted by atomic mass is 10.2. The third-order valence-electron chi connectivity index (χ3n) is 2.40. The molecule has 1 atom stereocenters. The average Bonchev–Trinajstić information content (AvgIpc) is 2.51. The first-order valence-corrected chi connectivity index (χ1v) is 6.00. The van der Waals surface area contributed by atoms with E-state index in [1.165, 1.54) is 6.07 Å². The van der Waals surface area contributed by atoms with Crippen molar-refractivity contribution >= 4 is 21.9 Å². The summed E-state index contributed by atoms with van der Waals surface area (Å²) in [5.41, 5.74) is -0.220. The molecule has 1 unspecified atom stereocenters. The van der Waals surface area contributed by atoms with Gasteiger partial charge in [-0.3, -0.25) is 0 Å². The Balaban J connectivity index is 2.67. The summed E-state index contributed by atoms with van der Waals surface area (Å²) in [5, 5.41) is 17.8. The van der Waals surface area contributed by atoms with Gasteiger partial charge in [-0.2, -0.15) is 0 Å². The number of hydrogen-bond acceptors (Lipinski definition) is 4. The molecule has 0 bridgehead atoms. The smallest absolute Gasteiger partial charge is 0.337 e. The van der Waals surface area contributed by atoms with Crippen LogP contribution in [0.4, 0.5) is 4.39 Å². The summed E-state index contributed by atoms with van der Waals surface area (Å²) < 4.78 is 37.0. The van der Waals surface area contributed by atoms with Gasteiger partial charge in [-0.15, -0.1) is 0 Å². The third-order valence-corrected chi connectivity index (χ3v) is 4.30. The summed E-state index contributed by atoms with van der Waals surface area (Å²) >= 11 is 0. The Morgan fingerprint density at radius 3 is 2.53 bits per heavy atom. The van der Waals surface area contributed by atoms with E-state index in [1.54, 1.807) is 0 Å². The molecule has 0 spiro atoms. The Morgan fingerprint density at radius 2 is 2.00 bits per heavy atom. The van der Waals surface area contributed by atoms with Gasteiger partial charge in [0.15, 0.2) is 6.10 Å². The molecule has 2 N–H and O–H groups in total. The van der Waals surface area contributed by atoms with Crippen LogP contribution in [0.25, 0.3) is 6.08 Å². The van der Waals surface area contributed by atoms with Gasteiger partial charge in [-0.05, 0) is 18.2 Å². The standard InChI is InChI=1S/C10H7FO5S/c11-6-2-1-3-7-5(6)4-8(17(7,15)16)9(12)10(13)14/h1-4,9,12H,(H,13,14). The fraction of sp³-hybridized carbons (Fsp3) is 0.100. The number of hydrogen-bond donors (Lipinski definition) is 2. The molecule has 90 valence electrons. The van der Waals surface area contributed by atoms with Crippen LogP contribution in [0.2, 0.25) is 0 Å². The highest BCUT2D eigenvalue weighted by Crippen LogP contribution is 2.35. The predicted molar refractivity (Wildman–Crippen MR) is 55.2 cm³/mol. The van der Waals surface area contributed by atoms with E-state index in [1.807, 2.05) is 0 Å². The SMILES string of the molecule is O=C(O)C(O)C1=Cc2c(F)cccc2S1(=O)=O. The number of fused-ring (bicyclic) bond motifs is 1. The molecule has 17 heavy (non-hydrogen) atoms. The van der Waals surface area contributed by atoms with Crippen molar-refractivity contribution in [3.8, 4) is 0 Å². The van der Waals surface area contributed by atoms with Gasteiger partial charge in [-0.1, -0.05) is 6.07 Å². The lowest BCUT2D eigenvalue weighted by Crippen LogP contribution is -2.25. The molecule has 0 aliphatic carbocycles. The van der Waals surface area contributed by atoms with Crippen LogP contribution in [-0.2, 0) is 14.6 Å². The minimum absolute atomic E-state index is 0.220. The van der Waals surface area contributed by atoms with Gasteiger partial charge in [-0.25, -0.2) is 17.6 Å². The van der Waals surface area contributed by atoms with Gasteiger partial charge in [0.1, 0.15) is 5.82 Å². The van der Waals surface area contributed by atoms with E-state index in [0.29, 0.717) is 0 Å². The second-order valence-corrected chi connectivity index (χ2v) is 5.36. The number of aliphatic carboxylic acids is 1. The van der Waals surface area contributed by atoms with Gasteiger partial charge in [0.25, 0.3) is 0 Å². The van der Waals surface area contributed by atoms with Gasteiger partial charge in [0, 0.05) is 5.56 Å². The van der Waals surface area contributed by atoms with Crippen molar-refractivity contribution in [2.75, 3.05) is 0 Å². The highest BCUT2D eigenvalue weighted by atomic mass is 32.2. The van der Waals surface area contributed by atoms with Crippen LogP contribution in [0.3, 0.4) is 0 Å². The molecule has 1 heterocycles. The minimum Gasteiger partial charge on any atom is -0.479 e. The first kappa shape index (κ1) is 11.7. The van der Waals surface area contributed by atoms with Gasteiger partial charge in [0.2, 0.25) is 9.84 Å². The second-order valence-electron chi connectivity index (χ2n) is 3.44. The Hall–Kier alpha value is -1.73. The summed E-state index contributed by atoms with van der Waals surface area (Å²) in [6.45, 7) is 0. The molecule has 0 saturated carbocycles. The Bertz CT molecular complexity index is 632. The maximum Gasteiger partial charge on any atom is 0.337 e. The van der Waals surface area contributed by atoms with Crippen LogP contribution in [0.1, 0.15) is 5.56 Å². The summed E-state index contributed by atoms with van der Waals surface area (Å²) in [6.07, 6.45) is -1.34. The summed E-state index contributed by atoms with van der Waals surface area (Å²) in [5.74, 6) is -2.48. The molecule has 5 nitrogen and oxygen atoms in total. The van der Waals surface area contributed by atoms with Crippen molar-refractivity contribution < 1.29 is 27.8 Å². The number of halogens is 1. The van der Waals surface area contributed by atoms with Crippen molar-refractivity contribution in [1.29, 1.82) is 0 Å². The number of aliphatic hydroxyl groups excluding tert-OH is 1. The van der Waals surface area contributed by atoms with E-state index < -0.39 is 32.6 Å². The zero-order valence-electron chi connectivity index (χ0n) is 8.29. The van der Waals surface area contributed by atoms with Crippen LogP contribution >= 0.6 is 0 Å². The van der Waals surface area contributed by atoms with E-state index in [0.717, 1.165) is 18.2 Å². The number of rotatable bonds is 2. The van der Waals surface area contributed by atoms with E-state index in [-0.39, 0.29) is 10.5 Å². The lowest BCUT2D eigenvalue weighted by molar-refractivity contribution is -0.144. The molecule has 1 aliphatic rings. The van der Waals surface area contributed by atoms with Crippen LogP contribution in [-0.4, -0.2) is 30.7 Å². The number of carboxylic acids is 1. The summed E-state index contributed by atoms with van der Waals surface area (Å²) in [6, 6.07) is 3.42. The molecular weight excluding hydrogens is 251 g/mol. The Morgan fingerprint density at radius 1 is 1.35 bits per heavy atom. The van der Waals surface area contributed by atoms with Crippen LogP contribution in [0.15, 0.2) is 28.0 Å². The normalized spacial score (nSPS) is 18.4. The number of benzene rings is 1. The first-order chi connectivity index (χ1) is 7.85. The highest BCUT2D eigenvalue weighted by Gasteiger charge is 2.38. The molecule has 1 aliphatic heterocycles. The predicted octanol–water partition coefficient (Wildman–Crippen LogP) is 0.399. The molecular formula is C10H7FO5S. The Labute approximate surface area is 95.7 Å². The fourth-order valence-electron chi connectivity index (χ4n) is 1.59. The topological polar surface area (TPSA) is 91.7 Å². The lowest BCUT2D eigenvalue weighted by Gasteiger charge is -2.06. The molecule has 7 heteroatoms. The molecule has 0 amide bonds. The van der Waals surface area contributed by atoms with Crippen LogP contribution in [0.5, 0.6) is 0 Å². The van der Waals surface area contributed by atoms with E-state index in [2.05, 4.69) is 0 Å². The number of carboxylic acid groups (broad SMARTS) is 1. The maximum atomic E-state index is 13.3. The monoisotopic (exact) mass is 258 g/mol. The quantitative estimate of drug-likeness (QED) is 0.801. The van der Waals surface area contributed by atoms with Crippen molar-refractivity contribution in [1.82, 2.24) is 0 Å². The summed E-state index contributed by atoms with van der Waals surface area (Å²) in [7, 11) is -4.12. The van der Waals surface area contributed by atoms with Crippen molar-refractivity contribution in [2.24, 2.45) is 0 Å². The largest absolute Gasteiger partial charge is 0.479 e. The minimum atomic E-state index is -4.12. The molecule has 0 aromatic heterocycles. The zero-order chi connectivity index (χ0) is 12.8. The third kappa shape index (κ3) is 1.63. The first-order valence-electron chi connectivity index (χ1n) is 4.52. The number of sulfone groups is 1. The highest BCUT2D eigenvalue weighted by molar-refractivity contribution is 7.96. The Kier molecular flexibility index (Phi) is 2.52. The number of carbonyl (C=O) groups is 1. The fourth-order valence-corrected chi connectivity index (χ4v) is 3.21. The molecule has 2 rings (SSSR count). The summed E-state index contributed by atoms with van der Waals surface area (Å²) in [4.78, 5) is 9.52. The van der Waals surface area contributed by atoms with Crippen LogP contribution < -0.4 is 0 Å². The van der Waals surface area contributed by atoms with Gasteiger partial charge in [0.05, 0.1) is 9.80 Å². The van der Waals surface area contributed by atoms with E-state index in [4.69, 9.17) is 5.11 Å². The van der Waals surface area contributed by atoms with E-state index in [9.17, 15) is 22.7 Å². The van der Waals surface area contributed by atoms with Crippen molar-refractivity contribution in [3.63, 3.8) is 0 Å². The van der Waals surface area contributed by atoms with Crippen LogP contribution in [0, 0.1) is 5.82 Å². The molecule has 0 fully saturated rings. The number of aliphatic hydroxyl groups is 1. The maximum absolute atomic E-state index is 13.3.